The van der Waals surface area contributed by atoms with Gasteiger partial charge in [-0.3, -0.25) is 4.99 Å². The molecular formula is C9H17N3O. The predicted octanol–water partition coefficient (Wildman–Crippen LogP) is -0.254. The van der Waals surface area contributed by atoms with E-state index in [4.69, 9.17) is 5.11 Å². The number of guanidine groups is 1. The van der Waals surface area contributed by atoms with Crippen LogP contribution in [-0.2, 0) is 0 Å². The van der Waals surface area contributed by atoms with Gasteiger partial charge in [-0.15, -0.1) is 0 Å². The van der Waals surface area contributed by atoms with Gasteiger partial charge in [-0.05, 0) is 12.8 Å². The monoisotopic (exact) mass is 183 g/mol. The molecule has 0 radical (unpaired) electrons. The van der Waals surface area contributed by atoms with Crippen LogP contribution in [0.15, 0.2) is 4.99 Å². The minimum Gasteiger partial charge on any atom is -0.395 e. The highest BCUT2D eigenvalue weighted by Crippen LogP contribution is 2.13. The molecule has 1 N–H and O–H groups in total. The maximum Gasteiger partial charge on any atom is 0.196 e. The van der Waals surface area contributed by atoms with E-state index >= 15 is 0 Å². The normalized spacial score (nSPS) is 22.7. The zero-order valence-corrected chi connectivity index (χ0v) is 7.95. The van der Waals surface area contributed by atoms with E-state index in [1.54, 1.807) is 0 Å². The molecule has 0 saturated carbocycles. The first-order valence-electron chi connectivity index (χ1n) is 5.07. The topological polar surface area (TPSA) is 39.1 Å². The molecular weight excluding hydrogens is 166 g/mol. The summed E-state index contributed by atoms with van der Waals surface area (Å²) in [5, 5.41) is 8.89. The Kier molecular flexibility index (Phi) is 2.68. The molecule has 2 rings (SSSR count). The van der Waals surface area contributed by atoms with Crippen molar-refractivity contribution < 1.29 is 5.11 Å². The third-order valence-corrected chi connectivity index (χ3v) is 2.63. The maximum atomic E-state index is 8.89. The van der Waals surface area contributed by atoms with E-state index in [2.05, 4.69) is 14.8 Å². The zero-order valence-electron chi connectivity index (χ0n) is 7.95. The van der Waals surface area contributed by atoms with Crippen LogP contribution in [-0.4, -0.2) is 60.2 Å². The van der Waals surface area contributed by atoms with Gasteiger partial charge in [-0.1, -0.05) is 0 Å². The Morgan fingerprint density at radius 2 is 2.08 bits per heavy atom. The summed E-state index contributed by atoms with van der Waals surface area (Å²) in [6.45, 7) is 5.24. The highest BCUT2D eigenvalue weighted by atomic mass is 16.3. The molecule has 2 aliphatic heterocycles. The van der Waals surface area contributed by atoms with Gasteiger partial charge in [0.2, 0.25) is 0 Å². The number of β-amino-alcohol motifs (C(OH)–C–C–N with tert-alkyl or cyclic N) is 1. The van der Waals surface area contributed by atoms with Gasteiger partial charge in [0.1, 0.15) is 0 Å². The van der Waals surface area contributed by atoms with Crippen molar-refractivity contribution in [3.63, 3.8) is 0 Å². The SMILES string of the molecule is OCCN1CCCN2CCCN=C12. The van der Waals surface area contributed by atoms with E-state index in [0.29, 0.717) is 0 Å². The average molecular weight is 183 g/mol. The lowest BCUT2D eigenvalue weighted by Crippen LogP contribution is -2.53. The van der Waals surface area contributed by atoms with Crippen LogP contribution >= 0.6 is 0 Å². The van der Waals surface area contributed by atoms with Crippen molar-refractivity contribution in [2.45, 2.75) is 12.8 Å². The molecule has 0 atom stereocenters. The van der Waals surface area contributed by atoms with Crippen molar-refractivity contribution in [2.24, 2.45) is 4.99 Å². The molecule has 0 aliphatic carbocycles. The Bertz CT molecular complexity index is 203. The smallest absolute Gasteiger partial charge is 0.196 e. The highest BCUT2D eigenvalue weighted by molar-refractivity contribution is 5.81. The fourth-order valence-electron chi connectivity index (χ4n) is 2.04. The third-order valence-electron chi connectivity index (χ3n) is 2.63. The van der Waals surface area contributed by atoms with E-state index in [0.717, 1.165) is 38.7 Å². The lowest BCUT2D eigenvalue weighted by molar-refractivity contribution is 0.199. The Morgan fingerprint density at radius 1 is 1.23 bits per heavy atom. The molecule has 2 heterocycles. The Balaban J connectivity index is 2.05. The van der Waals surface area contributed by atoms with Gasteiger partial charge in [0, 0.05) is 32.7 Å². The summed E-state index contributed by atoms with van der Waals surface area (Å²) in [6.07, 6.45) is 2.37. The second kappa shape index (κ2) is 3.96. The summed E-state index contributed by atoms with van der Waals surface area (Å²) < 4.78 is 0. The molecule has 0 spiro atoms. The van der Waals surface area contributed by atoms with Gasteiger partial charge in [-0.25, -0.2) is 0 Å². The minimum absolute atomic E-state index is 0.229. The molecule has 13 heavy (non-hydrogen) atoms. The molecule has 1 saturated heterocycles. The predicted molar refractivity (Wildman–Crippen MR) is 51.8 cm³/mol. The lowest BCUT2D eigenvalue weighted by Gasteiger charge is -2.40. The number of aliphatic imine (C=N–C) groups is 1. The van der Waals surface area contributed by atoms with Crippen LogP contribution in [0.1, 0.15) is 12.8 Å². The van der Waals surface area contributed by atoms with E-state index in [-0.39, 0.29) is 6.61 Å². The van der Waals surface area contributed by atoms with Gasteiger partial charge < -0.3 is 14.9 Å². The standard InChI is InChI=1S/C9H17N3O/c13-8-7-12-6-2-5-11-4-1-3-10-9(11)12/h13H,1-8H2. The van der Waals surface area contributed by atoms with Gasteiger partial charge in [0.05, 0.1) is 6.61 Å². The molecule has 4 nitrogen and oxygen atoms in total. The molecule has 0 amide bonds. The summed E-state index contributed by atoms with van der Waals surface area (Å²) in [5.41, 5.74) is 0. The van der Waals surface area contributed by atoms with Crippen LogP contribution < -0.4 is 0 Å². The van der Waals surface area contributed by atoms with Crippen LogP contribution in [0.3, 0.4) is 0 Å². The number of aliphatic hydroxyl groups is 1. The minimum atomic E-state index is 0.229. The molecule has 0 unspecified atom stereocenters. The summed E-state index contributed by atoms with van der Waals surface area (Å²) in [6, 6.07) is 0. The summed E-state index contributed by atoms with van der Waals surface area (Å²) >= 11 is 0. The Hall–Kier alpha value is -0.770. The second-order valence-corrected chi connectivity index (χ2v) is 3.59. The number of hydrogen-bond acceptors (Lipinski definition) is 4. The van der Waals surface area contributed by atoms with Crippen molar-refractivity contribution in [1.29, 1.82) is 0 Å². The number of nitrogens with zero attached hydrogens (tertiary/aromatic N) is 3. The first-order valence-corrected chi connectivity index (χ1v) is 5.07. The van der Waals surface area contributed by atoms with Crippen LogP contribution in [0, 0.1) is 0 Å². The number of fused-ring (bicyclic) bond motifs is 1. The summed E-state index contributed by atoms with van der Waals surface area (Å²) in [7, 11) is 0. The van der Waals surface area contributed by atoms with Gasteiger partial charge in [0.15, 0.2) is 5.96 Å². The van der Waals surface area contributed by atoms with Crippen LogP contribution in [0.5, 0.6) is 0 Å². The van der Waals surface area contributed by atoms with E-state index in [1.807, 2.05) is 0 Å². The van der Waals surface area contributed by atoms with Crippen molar-refractivity contribution in [1.82, 2.24) is 9.80 Å². The quantitative estimate of drug-likeness (QED) is 0.641. The summed E-state index contributed by atoms with van der Waals surface area (Å²) in [4.78, 5) is 9.04. The van der Waals surface area contributed by atoms with Crippen molar-refractivity contribution in [3.8, 4) is 0 Å². The van der Waals surface area contributed by atoms with Gasteiger partial charge in [-0.2, -0.15) is 0 Å². The Morgan fingerprint density at radius 3 is 2.92 bits per heavy atom. The molecule has 1 fully saturated rings. The fraction of sp³-hybridized carbons (Fsp3) is 0.889. The second-order valence-electron chi connectivity index (χ2n) is 3.59. The molecule has 2 aliphatic rings. The number of aliphatic hydroxyl groups excluding tert-OH is 1. The first kappa shape index (κ1) is 8.81. The van der Waals surface area contributed by atoms with Gasteiger partial charge in [0.25, 0.3) is 0 Å². The molecule has 74 valence electrons. The maximum absolute atomic E-state index is 8.89. The largest absolute Gasteiger partial charge is 0.395 e. The summed E-state index contributed by atoms with van der Waals surface area (Å²) in [5.74, 6) is 1.12. The number of rotatable bonds is 2. The van der Waals surface area contributed by atoms with Crippen LogP contribution in [0.2, 0.25) is 0 Å². The van der Waals surface area contributed by atoms with E-state index in [1.165, 1.54) is 12.8 Å². The first-order chi connectivity index (χ1) is 6.42. The van der Waals surface area contributed by atoms with E-state index in [9.17, 15) is 0 Å². The fourth-order valence-corrected chi connectivity index (χ4v) is 2.04. The lowest BCUT2D eigenvalue weighted by atomic mass is 10.2. The van der Waals surface area contributed by atoms with Crippen molar-refractivity contribution in [2.75, 3.05) is 39.3 Å². The highest BCUT2D eigenvalue weighted by Gasteiger charge is 2.24. The molecule has 4 heteroatoms. The van der Waals surface area contributed by atoms with Crippen molar-refractivity contribution >= 4 is 5.96 Å². The number of hydrogen-bond donors (Lipinski definition) is 1. The van der Waals surface area contributed by atoms with Gasteiger partial charge >= 0.3 is 0 Å². The molecule has 0 aromatic rings. The molecule has 0 aromatic carbocycles. The van der Waals surface area contributed by atoms with Crippen molar-refractivity contribution in [3.05, 3.63) is 0 Å². The average Bonchev–Trinajstić information content (AvgIpc) is 2.19. The molecule has 0 aromatic heterocycles. The Labute approximate surface area is 78.9 Å². The van der Waals surface area contributed by atoms with E-state index < -0.39 is 0 Å². The van der Waals surface area contributed by atoms with Crippen LogP contribution in [0.25, 0.3) is 0 Å². The third kappa shape index (κ3) is 1.77. The molecule has 0 bridgehead atoms. The zero-order chi connectivity index (χ0) is 9.10. The van der Waals surface area contributed by atoms with Crippen LogP contribution in [0.4, 0.5) is 0 Å².